The maximum absolute atomic E-state index is 12.4. The number of hydrogen-bond acceptors (Lipinski definition) is 3. The van der Waals surface area contributed by atoms with Crippen molar-refractivity contribution in [3.63, 3.8) is 0 Å². The molecule has 0 spiro atoms. The molecule has 0 saturated carbocycles. The van der Waals surface area contributed by atoms with Crippen LogP contribution in [-0.2, 0) is 11.3 Å². The molecule has 104 valence electrons. The van der Waals surface area contributed by atoms with Gasteiger partial charge in [-0.1, -0.05) is 13.0 Å². The van der Waals surface area contributed by atoms with Crippen molar-refractivity contribution in [2.75, 3.05) is 13.1 Å². The molecule has 0 aliphatic carbocycles. The van der Waals surface area contributed by atoms with Crippen molar-refractivity contribution in [1.82, 2.24) is 14.8 Å². The predicted octanol–water partition coefficient (Wildman–Crippen LogP) is 1.91. The van der Waals surface area contributed by atoms with Crippen LogP contribution in [-0.4, -0.2) is 45.9 Å². The van der Waals surface area contributed by atoms with Gasteiger partial charge in [-0.15, -0.1) is 0 Å². The lowest BCUT2D eigenvalue weighted by Gasteiger charge is -2.27. The molecule has 1 saturated heterocycles. The van der Waals surface area contributed by atoms with Gasteiger partial charge in [0.2, 0.25) is 5.91 Å². The Kier molecular flexibility index (Phi) is 4.53. The Morgan fingerprint density at radius 3 is 2.79 bits per heavy atom. The fourth-order valence-electron chi connectivity index (χ4n) is 2.68. The summed E-state index contributed by atoms with van der Waals surface area (Å²) in [6.07, 6.45) is 2.73. The smallest absolute Gasteiger partial charge is 0.240 e. The Morgan fingerprint density at radius 1 is 1.47 bits per heavy atom. The molecule has 2 heterocycles. The molecule has 1 unspecified atom stereocenters. The van der Waals surface area contributed by atoms with E-state index >= 15 is 0 Å². The summed E-state index contributed by atoms with van der Waals surface area (Å²) in [5.74, 6) is 0.271. The summed E-state index contributed by atoms with van der Waals surface area (Å²) in [5, 5.41) is 0. The van der Waals surface area contributed by atoms with Crippen LogP contribution in [0.15, 0.2) is 24.4 Å². The second-order valence-electron chi connectivity index (χ2n) is 5.31. The van der Waals surface area contributed by atoms with Gasteiger partial charge in [0.05, 0.1) is 11.7 Å². The summed E-state index contributed by atoms with van der Waals surface area (Å²) < 4.78 is 0. The Morgan fingerprint density at radius 2 is 2.26 bits per heavy atom. The van der Waals surface area contributed by atoms with Crippen LogP contribution >= 0.6 is 0 Å². The van der Waals surface area contributed by atoms with Crippen molar-refractivity contribution >= 4 is 5.91 Å². The molecule has 1 aromatic rings. The molecule has 0 aromatic carbocycles. The molecular weight excluding hydrogens is 238 g/mol. The largest absolute Gasteiger partial charge is 0.339 e. The van der Waals surface area contributed by atoms with E-state index < -0.39 is 0 Å². The number of likely N-dealkylation sites (N-methyl/N-ethyl adjacent to an activating group) is 1. The first-order valence-electron chi connectivity index (χ1n) is 7.08. The molecule has 1 aliphatic heterocycles. The first-order chi connectivity index (χ1) is 9.13. The van der Waals surface area contributed by atoms with Gasteiger partial charge in [-0.2, -0.15) is 0 Å². The summed E-state index contributed by atoms with van der Waals surface area (Å²) in [4.78, 5) is 21.0. The molecule has 0 bridgehead atoms. The summed E-state index contributed by atoms with van der Waals surface area (Å²) in [5.41, 5.74) is 1.03. The topological polar surface area (TPSA) is 36.4 Å². The van der Waals surface area contributed by atoms with Gasteiger partial charge in [0.1, 0.15) is 0 Å². The van der Waals surface area contributed by atoms with Crippen LogP contribution in [0.5, 0.6) is 0 Å². The number of amides is 1. The van der Waals surface area contributed by atoms with Crippen LogP contribution in [0, 0.1) is 0 Å². The lowest BCUT2D eigenvalue weighted by molar-refractivity contribution is -0.133. The van der Waals surface area contributed by atoms with E-state index in [9.17, 15) is 4.79 Å². The van der Waals surface area contributed by atoms with Crippen LogP contribution in [0.1, 0.15) is 32.9 Å². The third kappa shape index (κ3) is 3.13. The Hall–Kier alpha value is -1.42. The van der Waals surface area contributed by atoms with E-state index in [-0.39, 0.29) is 11.9 Å². The number of rotatable bonds is 5. The fourth-order valence-corrected chi connectivity index (χ4v) is 2.68. The van der Waals surface area contributed by atoms with Gasteiger partial charge in [-0.3, -0.25) is 14.7 Å². The highest BCUT2D eigenvalue weighted by Crippen LogP contribution is 2.20. The quantitative estimate of drug-likeness (QED) is 0.812. The molecule has 0 radical (unpaired) electrons. The molecule has 19 heavy (non-hydrogen) atoms. The maximum Gasteiger partial charge on any atom is 0.240 e. The molecule has 1 amide bonds. The maximum atomic E-state index is 12.4. The normalized spacial score (nSPS) is 19.7. The molecule has 1 fully saturated rings. The minimum Gasteiger partial charge on any atom is -0.339 e. The standard InChI is InChI=1S/C15H23N3O/c1-4-17(11-13-7-5-6-9-16-13)14-8-10-18(12(2)3)15(14)19/h5-7,9,12,14H,4,8,10-11H2,1-3H3. The Labute approximate surface area is 115 Å². The summed E-state index contributed by atoms with van der Waals surface area (Å²) >= 11 is 0. The molecule has 0 N–H and O–H groups in total. The monoisotopic (exact) mass is 261 g/mol. The van der Waals surface area contributed by atoms with E-state index in [0.29, 0.717) is 6.04 Å². The highest BCUT2D eigenvalue weighted by atomic mass is 16.2. The van der Waals surface area contributed by atoms with E-state index in [1.165, 1.54) is 0 Å². The lowest BCUT2D eigenvalue weighted by Crippen LogP contribution is -2.43. The predicted molar refractivity (Wildman–Crippen MR) is 75.6 cm³/mol. The van der Waals surface area contributed by atoms with Crippen molar-refractivity contribution in [1.29, 1.82) is 0 Å². The van der Waals surface area contributed by atoms with Crippen LogP contribution < -0.4 is 0 Å². The van der Waals surface area contributed by atoms with E-state index in [1.54, 1.807) is 6.20 Å². The number of pyridine rings is 1. The number of carbonyl (C=O) groups excluding carboxylic acids is 1. The third-order valence-electron chi connectivity index (χ3n) is 3.77. The third-order valence-corrected chi connectivity index (χ3v) is 3.77. The number of nitrogens with zero attached hydrogens (tertiary/aromatic N) is 3. The molecular formula is C15H23N3O. The van der Waals surface area contributed by atoms with Gasteiger partial charge in [-0.25, -0.2) is 0 Å². The van der Waals surface area contributed by atoms with Gasteiger partial charge in [0, 0.05) is 25.3 Å². The van der Waals surface area contributed by atoms with Gasteiger partial charge in [0.25, 0.3) is 0 Å². The minimum atomic E-state index is 0.0226. The van der Waals surface area contributed by atoms with Crippen LogP contribution in [0.4, 0.5) is 0 Å². The molecule has 1 aromatic heterocycles. The molecule has 1 aliphatic rings. The van der Waals surface area contributed by atoms with Crippen molar-refractivity contribution in [3.05, 3.63) is 30.1 Å². The highest BCUT2D eigenvalue weighted by Gasteiger charge is 2.36. The van der Waals surface area contributed by atoms with Crippen molar-refractivity contribution in [2.45, 2.75) is 45.8 Å². The number of aromatic nitrogens is 1. The number of likely N-dealkylation sites (tertiary alicyclic amines) is 1. The van der Waals surface area contributed by atoms with Crippen molar-refractivity contribution < 1.29 is 4.79 Å². The van der Waals surface area contributed by atoms with Crippen molar-refractivity contribution in [2.24, 2.45) is 0 Å². The number of carbonyl (C=O) groups is 1. The Balaban J connectivity index is 2.05. The second-order valence-corrected chi connectivity index (χ2v) is 5.31. The van der Waals surface area contributed by atoms with Crippen LogP contribution in [0.3, 0.4) is 0 Å². The zero-order chi connectivity index (χ0) is 13.8. The van der Waals surface area contributed by atoms with Crippen LogP contribution in [0.25, 0.3) is 0 Å². The minimum absolute atomic E-state index is 0.0226. The van der Waals surface area contributed by atoms with E-state index in [4.69, 9.17) is 0 Å². The van der Waals surface area contributed by atoms with Gasteiger partial charge in [0.15, 0.2) is 0 Å². The Bertz CT molecular complexity index is 419. The second kappa shape index (κ2) is 6.15. The zero-order valence-electron chi connectivity index (χ0n) is 12.0. The molecule has 1 atom stereocenters. The average molecular weight is 261 g/mol. The van der Waals surface area contributed by atoms with E-state index in [1.807, 2.05) is 23.1 Å². The lowest BCUT2D eigenvalue weighted by atomic mass is 10.2. The summed E-state index contributed by atoms with van der Waals surface area (Å²) in [7, 11) is 0. The molecule has 4 heteroatoms. The summed E-state index contributed by atoms with van der Waals surface area (Å²) in [6, 6.07) is 6.25. The summed E-state index contributed by atoms with van der Waals surface area (Å²) in [6.45, 7) is 8.76. The fraction of sp³-hybridized carbons (Fsp3) is 0.600. The first-order valence-corrected chi connectivity index (χ1v) is 7.08. The van der Waals surface area contributed by atoms with Crippen molar-refractivity contribution in [3.8, 4) is 0 Å². The van der Waals surface area contributed by atoms with E-state index in [2.05, 4.69) is 30.7 Å². The van der Waals surface area contributed by atoms with Gasteiger partial charge in [-0.05, 0) is 38.9 Å². The zero-order valence-corrected chi connectivity index (χ0v) is 12.0. The first kappa shape index (κ1) is 14.0. The molecule has 4 nitrogen and oxygen atoms in total. The SMILES string of the molecule is CCN(Cc1ccccn1)C1CCN(C(C)C)C1=O. The average Bonchev–Trinajstić information content (AvgIpc) is 2.79. The highest BCUT2D eigenvalue weighted by molar-refractivity contribution is 5.84. The van der Waals surface area contributed by atoms with Crippen LogP contribution in [0.2, 0.25) is 0 Å². The van der Waals surface area contributed by atoms with E-state index in [0.717, 1.165) is 31.7 Å². The van der Waals surface area contributed by atoms with Gasteiger partial charge < -0.3 is 4.90 Å². The number of hydrogen-bond donors (Lipinski definition) is 0. The van der Waals surface area contributed by atoms with Gasteiger partial charge >= 0.3 is 0 Å². The molecule has 2 rings (SSSR count).